The molecule has 5 heteroatoms. The largest absolute Gasteiger partial charge is 0.335 e. The molecule has 0 aromatic carbocycles. The van der Waals surface area contributed by atoms with Gasteiger partial charge < -0.3 is 4.57 Å². The molecule has 2 aromatic heterocycles. The normalized spacial score (nSPS) is 12.6. The summed E-state index contributed by atoms with van der Waals surface area (Å²) in [6.07, 6.45) is 3.34. The second-order valence-electron chi connectivity index (χ2n) is 2.99. The van der Waals surface area contributed by atoms with Gasteiger partial charge in [-0.2, -0.15) is 11.3 Å². The van der Waals surface area contributed by atoms with Gasteiger partial charge in [0.2, 0.25) is 0 Å². The van der Waals surface area contributed by atoms with Gasteiger partial charge >= 0.3 is 0 Å². The second-order valence-corrected chi connectivity index (χ2v) is 3.77. The van der Waals surface area contributed by atoms with Crippen LogP contribution in [0, 0.1) is 4.91 Å². The highest BCUT2D eigenvalue weighted by Crippen LogP contribution is 2.26. The van der Waals surface area contributed by atoms with E-state index in [1.165, 1.54) is 0 Å². The topological polar surface area (TPSA) is 47.2 Å². The van der Waals surface area contributed by atoms with Crippen molar-refractivity contribution in [3.8, 4) is 0 Å². The molecule has 0 spiro atoms. The number of hydrogen-bond acceptors (Lipinski definition) is 4. The second kappa shape index (κ2) is 3.71. The third-order valence-corrected chi connectivity index (χ3v) is 2.80. The Morgan fingerprint density at radius 3 is 3.00 bits per heavy atom. The van der Waals surface area contributed by atoms with E-state index in [9.17, 15) is 4.91 Å². The molecule has 1 atom stereocenters. The minimum Gasteiger partial charge on any atom is -0.335 e. The first-order valence-electron chi connectivity index (χ1n) is 4.13. The quantitative estimate of drug-likeness (QED) is 0.725. The highest BCUT2D eigenvalue weighted by Gasteiger charge is 2.17. The molecule has 2 rings (SSSR count). The van der Waals surface area contributed by atoms with Crippen LogP contribution in [-0.2, 0) is 7.05 Å². The van der Waals surface area contributed by atoms with Gasteiger partial charge in [0, 0.05) is 7.05 Å². The molecule has 72 valence electrons. The van der Waals surface area contributed by atoms with E-state index in [2.05, 4.69) is 10.2 Å². The molecule has 0 N–H and O–H groups in total. The van der Waals surface area contributed by atoms with Crippen LogP contribution in [0.25, 0.3) is 0 Å². The third-order valence-electron chi connectivity index (χ3n) is 2.10. The minimum atomic E-state index is -0.436. The number of rotatable bonds is 3. The van der Waals surface area contributed by atoms with Crippen molar-refractivity contribution >= 4 is 11.3 Å². The van der Waals surface area contributed by atoms with Crippen LogP contribution in [0.4, 0.5) is 0 Å². The highest BCUT2D eigenvalue weighted by atomic mass is 32.1. The van der Waals surface area contributed by atoms with E-state index < -0.39 is 6.04 Å². The lowest BCUT2D eigenvalue weighted by Gasteiger charge is -2.07. The Morgan fingerprint density at radius 1 is 1.64 bits per heavy atom. The molecule has 0 saturated heterocycles. The average molecular weight is 207 g/mol. The zero-order valence-electron chi connectivity index (χ0n) is 7.62. The summed E-state index contributed by atoms with van der Waals surface area (Å²) in [5.74, 6) is 0. The van der Waals surface area contributed by atoms with E-state index in [4.69, 9.17) is 0 Å². The van der Waals surface area contributed by atoms with E-state index in [-0.39, 0.29) is 0 Å². The Kier molecular flexibility index (Phi) is 2.41. The van der Waals surface area contributed by atoms with E-state index in [0.29, 0.717) is 0 Å². The van der Waals surface area contributed by atoms with Gasteiger partial charge in [-0.3, -0.25) is 0 Å². The zero-order chi connectivity index (χ0) is 9.97. The molecule has 1 unspecified atom stereocenters. The predicted octanol–water partition coefficient (Wildman–Crippen LogP) is 2.34. The number of aromatic nitrogens is 2. The molecule has 4 nitrogen and oxygen atoms in total. The summed E-state index contributed by atoms with van der Waals surface area (Å²) in [6, 6.07) is 1.47. The first-order valence-corrected chi connectivity index (χ1v) is 5.08. The van der Waals surface area contributed by atoms with Crippen molar-refractivity contribution in [3.05, 3.63) is 45.5 Å². The lowest BCUT2D eigenvalue weighted by molar-refractivity contribution is 0.745. The fourth-order valence-corrected chi connectivity index (χ4v) is 2.03. The summed E-state index contributed by atoms with van der Waals surface area (Å²) >= 11 is 1.56. The van der Waals surface area contributed by atoms with Crippen LogP contribution in [-0.4, -0.2) is 9.55 Å². The van der Waals surface area contributed by atoms with Crippen LogP contribution in [0.3, 0.4) is 0 Å². The Morgan fingerprint density at radius 2 is 2.50 bits per heavy atom. The van der Waals surface area contributed by atoms with Gasteiger partial charge in [-0.05, 0) is 22.4 Å². The Hall–Kier alpha value is -1.49. The Bertz CT molecular complexity index is 421. The van der Waals surface area contributed by atoms with Gasteiger partial charge in [0.1, 0.15) is 0 Å². The van der Waals surface area contributed by atoms with Crippen molar-refractivity contribution in [2.75, 3.05) is 0 Å². The molecule has 14 heavy (non-hydrogen) atoms. The van der Waals surface area contributed by atoms with Crippen LogP contribution in [0.15, 0.2) is 34.5 Å². The molecular formula is C9H9N3OS. The molecule has 0 aliphatic carbocycles. The SMILES string of the molecule is Cn1cncc1C(N=O)c1ccsc1. The fraction of sp³-hybridized carbons (Fsp3) is 0.222. The maximum atomic E-state index is 10.8. The zero-order valence-corrected chi connectivity index (χ0v) is 8.44. The van der Waals surface area contributed by atoms with Gasteiger partial charge in [0.25, 0.3) is 0 Å². The molecule has 0 aliphatic rings. The molecule has 2 aromatic rings. The molecule has 0 radical (unpaired) electrons. The van der Waals surface area contributed by atoms with Crippen molar-refractivity contribution in [2.45, 2.75) is 6.04 Å². The van der Waals surface area contributed by atoms with Crippen molar-refractivity contribution in [2.24, 2.45) is 12.2 Å². The van der Waals surface area contributed by atoms with Gasteiger partial charge in [-0.15, -0.1) is 4.91 Å². The first-order chi connectivity index (χ1) is 6.83. The molecule has 0 amide bonds. The molecule has 0 bridgehead atoms. The number of nitrogens with zero attached hydrogens (tertiary/aromatic N) is 3. The number of nitroso groups, excluding NO2 is 1. The summed E-state index contributed by atoms with van der Waals surface area (Å²) in [5.41, 5.74) is 1.74. The average Bonchev–Trinajstić information content (AvgIpc) is 2.80. The number of imidazole rings is 1. The fourth-order valence-electron chi connectivity index (χ4n) is 1.35. The number of hydrogen-bond donors (Lipinski definition) is 0. The first kappa shape index (κ1) is 9.08. The summed E-state index contributed by atoms with van der Waals surface area (Å²) < 4.78 is 1.81. The third kappa shape index (κ3) is 1.46. The van der Waals surface area contributed by atoms with Crippen molar-refractivity contribution in [1.82, 2.24) is 9.55 Å². The smallest absolute Gasteiger partial charge is 0.159 e. The monoisotopic (exact) mass is 207 g/mol. The molecular weight excluding hydrogens is 198 g/mol. The van der Waals surface area contributed by atoms with Crippen molar-refractivity contribution in [1.29, 1.82) is 0 Å². The summed E-state index contributed by atoms with van der Waals surface area (Å²) in [5, 5.41) is 6.99. The Balaban J connectivity index is 2.41. The summed E-state index contributed by atoms with van der Waals surface area (Å²) in [7, 11) is 1.85. The van der Waals surface area contributed by atoms with Crippen LogP contribution < -0.4 is 0 Å². The van der Waals surface area contributed by atoms with E-state index in [1.807, 2.05) is 28.4 Å². The maximum Gasteiger partial charge on any atom is 0.159 e. The summed E-state index contributed by atoms with van der Waals surface area (Å²) in [6.45, 7) is 0. The minimum absolute atomic E-state index is 0.436. The van der Waals surface area contributed by atoms with E-state index >= 15 is 0 Å². The van der Waals surface area contributed by atoms with Crippen molar-refractivity contribution < 1.29 is 0 Å². The summed E-state index contributed by atoms with van der Waals surface area (Å²) in [4.78, 5) is 14.7. The highest BCUT2D eigenvalue weighted by molar-refractivity contribution is 7.08. The predicted molar refractivity (Wildman–Crippen MR) is 55.2 cm³/mol. The van der Waals surface area contributed by atoms with E-state index in [1.54, 1.807) is 23.9 Å². The van der Waals surface area contributed by atoms with Crippen LogP contribution in [0.5, 0.6) is 0 Å². The molecule has 0 saturated carbocycles. The van der Waals surface area contributed by atoms with E-state index in [0.717, 1.165) is 11.3 Å². The standard InChI is InChI=1S/C9H9N3OS/c1-12-6-10-4-8(12)9(11-13)7-2-3-14-5-7/h2-6,9H,1H3. The molecule has 2 heterocycles. The Labute approximate surface area is 85.2 Å². The van der Waals surface area contributed by atoms with Crippen LogP contribution in [0.2, 0.25) is 0 Å². The molecule has 0 aliphatic heterocycles. The lowest BCUT2D eigenvalue weighted by Crippen LogP contribution is -2.01. The van der Waals surface area contributed by atoms with Gasteiger partial charge in [0.15, 0.2) is 6.04 Å². The molecule has 0 fully saturated rings. The van der Waals surface area contributed by atoms with Crippen LogP contribution in [0.1, 0.15) is 17.3 Å². The number of thiophene rings is 1. The van der Waals surface area contributed by atoms with Crippen molar-refractivity contribution in [3.63, 3.8) is 0 Å². The van der Waals surface area contributed by atoms with Gasteiger partial charge in [0.05, 0.1) is 18.2 Å². The van der Waals surface area contributed by atoms with Gasteiger partial charge in [-0.1, -0.05) is 5.18 Å². The van der Waals surface area contributed by atoms with Gasteiger partial charge in [-0.25, -0.2) is 4.98 Å². The maximum absolute atomic E-state index is 10.8. The number of aryl methyl sites for hydroxylation is 1. The lowest BCUT2D eigenvalue weighted by atomic mass is 10.1. The van der Waals surface area contributed by atoms with Crippen LogP contribution >= 0.6 is 11.3 Å².